The van der Waals surface area contributed by atoms with Gasteiger partial charge in [0.05, 0.1) is 0 Å². The van der Waals surface area contributed by atoms with Gasteiger partial charge in [-0.25, -0.2) is 10.7 Å². The Bertz CT molecular complexity index is 222. The average molecular weight is 287 g/mol. The lowest BCUT2D eigenvalue weighted by atomic mass is 10.0. The smallest absolute Gasteiger partial charge is 0.334 e. The lowest BCUT2D eigenvalue weighted by Crippen LogP contribution is -2.26. The van der Waals surface area contributed by atoms with Gasteiger partial charge in [-0.3, -0.25) is 4.84 Å². The van der Waals surface area contributed by atoms with Gasteiger partial charge in [-0.15, -0.1) is 0 Å². The summed E-state index contributed by atoms with van der Waals surface area (Å²) in [4.78, 5) is 15.1. The molecule has 0 aliphatic rings. The van der Waals surface area contributed by atoms with Crippen molar-refractivity contribution in [2.45, 2.75) is 96.5 Å². The van der Waals surface area contributed by atoms with Crippen molar-refractivity contribution in [1.82, 2.24) is 0 Å². The standard InChI is InChI=1S/C16H33NO3/c1-2-3-4-5-6-7-8-9-10-11-12-13-14-15(20-17)16(18)19/h15H,2-14,17H2,1H3,(H,18,19). The lowest BCUT2D eigenvalue weighted by molar-refractivity contribution is -0.151. The molecule has 0 aromatic carbocycles. The molecule has 0 spiro atoms. The van der Waals surface area contributed by atoms with Crippen LogP contribution in [0.2, 0.25) is 0 Å². The van der Waals surface area contributed by atoms with Crippen LogP contribution in [0.25, 0.3) is 0 Å². The Labute approximate surface area is 124 Å². The summed E-state index contributed by atoms with van der Waals surface area (Å²) < 4.78 is 0. The molecule has 0 saturated carbocycles. The third kappa shape index (κ3) is 12.4. The predicted octanol–water partition coefficient (Wildman–Crippen LogP) is 4.42. The van der Waals surface area contributed by atoms with Crippen molar-refractivity contribution in [3.05, 3.63) is 0 Å². The van der Waals surface area contributed by atoms with Crippen LogP contribution >= 0.6 is 0 Å². The molecular formula is C16H33NO3. The van der Waals surface area contributed by atoms with Crippen molar-refractivity contribution in [2.24, 2.45) is 5.90 Å². The summed E-state index contributed by atoms with van der Waals surface area (Å²) in [5.74, 6) is 3.97. The van der Waals surface area contributed by atoms with Gasteiger partial charge >= 0.3 is 5.97 Å². The first-order valence-corrected chi connectivity index (χ1v) is 8.30. The fourth-order valence-corrected chi connectivity index (χ4v) is 2.42. The monoisotopic (exact) mass is 287 g/mol. The molecule has 0 aliphatic carbocycles. The van der Waals surface area contributed by atoms with Crippen molar-refractivity contribution in [2.75, 3.05) is 0 Å². The second kappa shape index (κ2) is 14.8. The Morgan fingerprint density at radius 1 is 0.900 bits per heavy atom. The maximum absolute atomic E-state index is 10.7. The number of carbonyl (C=O) groups is 1. The largest absolute Gasteiger partial charge is 0.479 e. The van der Waals surface area contributed by atoms with Crippen LogP contribution in [-0.2, 0) is 9.63 Å². The molecule has 20 heavy (non-hydrogen) atoms. The van der Waals surface area contributed by atoms with Crippen LogP contribution in [0.1, 0.15) is 90.4 Å². The van der Waals surface area contributed by atoms with Gasteiger partial charge in [0.1, 0.15) is 0 Å². The molecule has 1 atom stereocenters. The van der Waals surface area contributed by atoms with Gasteiger partial charge in [0.15, 0.2) is 6.10 Å². The number of rotatable bonds is 15. The van der Waals surface area contributed by atoms with E-state index in [0.717, 1.165) is 12.8 Å². The Hall–Kier alpha value is -0.610. The van der Waals surface area contributed by atoms with Crippen molar-refractivity contribution >= 4 is 5.97 Å². The zero-order valence-corrected chi connectivity index (χ0v) is 13.1. The number of hydrogen-bond donors (Lipinski definition) is 2. The highest BCUT2D eigenvalue weighted by atomic mass is 16.6. The maximum Gasteiger partial charge on any atom is 0.334 e. The lowest BCUT2D eigenvalue weighted by Gasteiger charge is -2.08. The summed E-state index contributed by atoms with van der Waals surface area (Å²) >= 11 is 0. The normalized spacial score (nSPS) is 12.5. The molecule has 120 valence electrons. The first kappa shape index (κ1) is 19.4. The molecule has 0 aliphatic heterocycles. The van der Waals surface area contributed by atoms with Crippen LogP contribution in [-0.4, -0.2) is 17.2 Å². The Morgan fingerprint density at radius 2 is 1.30 bits per heavy atom. The Balaban J connectivity index is 3.15. The summed E-state index contributed by atoms with van der Waals surface area (Å²) in [7, 11) is 0. The van der Waals surface area contributed by atoms with Crippen LogP contribution in [0.3, 0.4) is 0 Å². The molecule has 0 aromatic heterocycles. The molecule has 0 aromatic rings. The SMILES string of the molecule is CCCCCCCCCCCCCCC(ON)C(=O)O. The van der Waals surface area contributed by atoms with Gasteiger partial charge in [0.25, 0.3) is 0 Å². The summed E-state index contributed by atoms with van der Waals surface area (Å²) in [6, 6.07) is 0. The van der Waals surface area contributed by atoms with E-state index >= 15 is 0 Å². The van der Waals surface area contributed by atoms with Crippen LogP contribution in [0.15, 0.2) is 0 Å². The second-order valence-corrected chi connectivity index (χ2v) is 5.64. The van der Waals surface area contributed by atoms with E-state index in [-0.39, 0.29) is 0 Å². The molecule has 0 bridgehead atoms. The molecular weight excluding hydrogens is 254 g/mol. The molecule has 0 heterocycles. The van der Waals surface area contributed by atoms with Gasteiger partial charge in [0.2, 0.25) is 0 Å². The summed E-state index contributed by atoms with van der Waals surface area (Å²) in [5, 5.41) is 8.75. The van der Waals surface area contributed by atoms with Crippen molar-refractivity contribution in [3.8, 4) is 0 Å². The first-order valence-electron chi connectivity index (χ1n) is 8.30. The number of aliphatic carboxylic acids is 1. The van der Waals surface area contributed by atoms with Crippen LogP contribution < -0.4 is 5.90 Å². The molecule has 0 fully saturated rings. The minimum atomic E-state index is -0.962. The van der Waals surface area contributed by atoms with E-state index < -0.39 is 12.1 Å². The third-order valence-electron chi connectivity index (χ3n) is 3.76. The van der Waals surface area contributed by atoms with Gasteiger partial charge in [0, 0.05) is 0 Å². The van der Waals surface area contributed by atoms with E-state index in [4.69, 9.17) is 11.0 Å². The molecule has 4 nitrogen and oxygen atoms in total. The molecule has 3 N–H and O–H groups in total. The van der Waals surface area contributed by atoms with Gasteiger partial charge in [-0.05, 0) is 6.42 Å². The van der Waals surface area contributed by atoms with E-state index in [0.29, 0.717) is 6.42 Å². The summed E-state index contributed by atoms with van der Waals surface area (Å²) in [6.45, 7) is 2.25. The van der Waals surface area contributed by atoms with Crippen LogP contribution in [0, 0.1) is 0 Å². The van der Waals surface area contributed by atoms with Crippen LogP contribution in [0.4, 0.5) is 0 Å². The van der Waals surface area contributed by atoms with Crippen molar-refractivity contribution in [3.63, 3.8) is 0 Å². The number of carboxylic acids is 1. The van der Waals surface area contributed by atoms with E-state index in [1.165, 1.54) is 64.2 Å². The summed E-state index contributed by atoms with van der Waals surface area (Å²) in [5.41, 5.74) is 0. The number of unbranched alkanes of at least 4 members (excludes halogenated alkanes) is 11. The maximum atomic E-state index is 10.7. The average Bonchev–Trinajstić information content (AvgIpc) is 2.43. The quantitative estimate of drug-likeness (QED) is 0.345. The van der Waals surface area contributed by atoms with E-state index in [2.05, 4.69) is 11.8 Å². The zero-order chi connectivity index (χ0) is 15.1. The highest BCUT2D eigenvalue weighted by Gasteiger charge is 2.15. The first-order chi connectivity index (χ1) is 9.72. The number of carboxylic acid groups (broad SMARTS) is 1. The molecule has 4 heteroatoms. The molecule has 0 radical (unpaired) electrons. The fraction of sp³-hybridized carbons (Fsp3) is 0.938. The minimum absolute atomic E-state index is 0.517. The molecule has 0 amide bonds. The minimum Gasteiger partial charge on any atom is -0.479 e. The third-order valence-corrected chi connectivity index (χ3v) is 3.76. The second-order valence-electron chi connectivity index (χ2n) is 5.64. The van der Waals surface area contributed by atoms with E-state index in [1.54, 1.807) is 0 Å². The van der Waals surface area contributed by atoms with Crippen molar-refractivity contribution < 1.29 is 14.7 Å². The Morgan fingerprint density at radius 3 is 1.65 bits per heavy atom. The molecule has 0 saturated heterocycles. The highest BCUT2D eigenvalue weighted by Crippen LogP contribution is 2.13. The number of hydrogen-bond acceptors (Lipinski definition) is 3. The molecule has 1 unspecified atom stereocenters. The van der Waals surface area contributed by atoms with Gasteiger partial charge in [-0.1, -0.05) is 84.0 Å². The molecule has 0 rings (SSSR count). The van der Waals surface area contributed by atoms with Crippen molar-refractivity contribution in [1.29, 1.82) is 0 Å². The Kier molecular flexibility index (Phi) is 14.3. The predicted molar refractivity (Wildman–Crippen MR) is 82.4 cm³/mol. The fourth-order valence-electron chi connectivity index (χ4n) is 2.42. The summed E-state index contributed by atoms with van der Waals surface area (Å²) in [6.07, 6.45) is 15.0. The highest BCUT2D eigenvalue weighted by molar-refractivity contribution is 5.72. The zero-order valence-electron chi connectivity index (χ0n) is 13.1. The number of nitrogens with two attached hydrogens (primary N) is 1. The van der Waals surface area contributed by atoms with Gasteiger partial charge in [-0.2, -0.15) is 0 Å². The van der Waals surface area contributed by atoms with E-state index in [1.807, 2.05) is 0 Å². The van der Waals surface area contributed by atoms with Gasteiger partial charge < -0.3 is 5.11 Å². The topological polar surface area (TPSA) is 72.5 Å². The van der Waals surface area contributed by atoms with E-state index in [9.17, 15) is 4.79 Å². The van der Waals surface area contributed by atoms with Crippen LogP contribution in [0.5, 0.6) is 0 Å².